The number of aromatic nitrogens is 2. The number of hydrogen-bond acceptors (Lipinski definition) is 5. The Morgan fingerprint density at radius 3 is 2.50 bits per heavy atom. The molecule has 0 spiro atoms. The van der Waals surface area contributed by atoms with Crippen LogP contribution in [0.3, 0.4) is 0 Å². The normalized spacial score (nSPS) is 13.3. The van der Waals surface area contributed by atoms with Crippen molar-refractivity contribution in [2.24, 2.45) is 5.73 Å². The summed E-state index contributed by atoms with van der Waals surface area (Å²) in [5, 5.41) is 3.88. The van der Waals surface area contributed by atoms with E-state index in [4.69, 9.17) is 10.3 Å². The van der Waals surface area contributed by atoms with E-state index in [9.17, 15) is 0 Å². The third-order valence-electron chi connectivity index (χ3n) is 2.25. The van der Waals surface area contributed by atoms with Crippen LogP contribution in [0.25, 0.3) is 0 Å². The Morgan fingerprint density at radius 1 is 1.43 bits per heavy atom. The molecule has 1 aromatic rings. The molecule has 0 fully saturated rings. The summed E-state index contributed by atoms with van der Waals surface area (Å²) in [6.07, 6.45) is 0. The molecule has 1 heterocycles. The molecule has 0 aliphatic carbocycles. The first-order valence-electron chi connectivity index (χ1n) is 4.82. The molecule has 0 amide bonds. The van der Waals surface area contributed by atoms with E-state index >= 15 is 0 Å². The Bertz CT molecular complexity index is 284. The highest BCUT2D eigenvalue weighted by Crippen LogP contribution is 2.16. The summed E-state index contributed by atoms with van der Waals surface area (Å²) in [6.45, 7) is 6.64. The van der Waals surface area contributed by atoms with E-state index in [1.165, 1.54) is 0 Å². The molecule has 0 aliphatic heterocycles. The second kappa shape index (κ2) is 4.41. The molecule has 14 heavy (non-hydrogen) atoms. The lowest BCUT2D eigenvalue weighted by Gasteiger charge is -2.20. The third kappa shape index (κ3) is 2.23. The fraction of sp³-hybridized carbons (Fsp3) is 0.778. The topological polar surface area (TPSA) is 68.2 Å². The van der Waals surface area contributed by atoms with E-state index in [1.807, 2.05) is 32.7 Å². The van der Waals surface area contributed by atoms with Crippen molar-refractivity contribution >= 4 is 6.01 Å². The zero-order valence-electron chi connectivity index (χ0n) is 9.19. The van der Waals surface area contributed by atoms with Gasteiger partial charge in [0.25, 0.3) is 0 Å². The molecule has 0 aromatic carbocycles. The predicted molar refractivity (Wildman–Crippen MR) is 55.3 cm³/mol. The van der Waals surface area contributed by atoms with Crippen molar-refractivity contribution in [1.29, 1.82) is 0 Å². The zero-order chi connectivity index (χ0) is 10.7. The lowest BCUT2D eigenvalue weighted by atomic mass is 10.2. The van der Waals surface area contributed by atoms with Gasteiger partial charge >= 0.3 is 6.01 Å². The van der Waals surface area contributed by atoms with E-state index in [0.717, 1.165) is 5.82 Å². The molecule has 0 radical (unpaired) electrons. The van der Waals surface area contributed by atoms with Gasteiger partial charge in [0, 0.05) is 25.6 Å². The number of nitrogens with two attached hydrogens (primary N) is 1. The van der Waals surface area contributed by atoms with Crippen LogP contribution in [0, 0.1) is 0 Å². The maximum atomic E-state index is 5.55. The minimum absolute atomic E-state index is 0.204. The maximum absolute atomic E-state index is 5.55. The van der Waals surface area contributed by atoms with Gasteiger partial charge in [0.1, 0.15) is 0 Å². The van der Waals surface area contributed by atoms with Gasteiger partial charge < -0.3 is 15.2 Å². The number of nitrogens with zero attached hydrogens (tertiary/aromatic N) is 3. The molecule has 0 saturated heterocycles. The van der Waals surface area contributed by atoms with Crippen molar-refractivity contribution in [1.82, 2.24) is 10.1 Å². The van der Waals surface area contributed by atoms with Gasteiger partial charge in [-0.1, -0.05) is 19.0 Å². The highest BCUT2D eigenvalue weighted by Gasteiger charge is 2.16. The van der Waals surface area contributed by atoms with Crippen LogP contribution in [0.15, 0.2) is 4.52 Å². The van der Waals surface area contributed by atoms with Gasteiger partial charge in [-0.3, -0.25) is 0 Å². The molecular formula is C9H18N4O. The van der Waals surface area contributed by atoms with Crippen molar-refractivity contribution in [3.63, 3.8) is 0 Å². The van der Waals surface area contributed by atoms with E-state index in [2.05, 4.69) is 10.1 Å². The summed E-state index contributed by atoms with van der Waals surface area (Å²) < 4.78 is 5.12. The van der Waals surface area contributed by atoms with Gasteiger partial charge in [-0.05, 0) is 6.92 Å². The smallest absolute Gasteiger partial charge is 0.324 e. The van der Waals surface area contributed by atoms with Crippen LogP contribution in [0.5, 0.6) is 0 Å². The molecule has 0 saturated carbocycles. The van der Waals surface area contributed by atoms with Gasteiger partial charge in [-0.25, -0.2) is 0 Å². The van der Waals surface area contributed by atoms with E-state index < -0.39 is 0 Å². The molecule has 0 aliphatic rings. The van der Waals surface area contributed by atoms with E-state index in [0.29, 0.717) is 12.6 Å². The van der Waals surface area contributed by atoms with Crippen LogP contribution in [0.1, 0.15) is 32.5 Å². The second-order valence-electron chi connectivity index (χ2n) is 3.79. The fourth-order valence-electron chi connectivity index (χ4n) is 0.951. The van der Waals surface area contributed by atoms with Gasteiger partial charge in [0.05, 0.1) is 0 Å². The van der Waals surface area contributed by atoms with Crippen molar-refractivity contribution in [2.75, 3.05) is 18.5 Å². The van der Waals surface area contributed by atoms with E-state index in [-0.39, 0.29) is 12.0 Å². The summed E-state index contributed by atoms with van der Waals surface area (Å²) in [4.78, 5) is 6.16. The van der Waals surface area contributed by atoms with Crippen molar-refractivity contribution in [3.05, 3.63) is 5.82 Å². The van der Waals surface area contributed by atoms with Crippen LogP contribution in [0.2, 0.25) is 0 Å². The summed E-state index contributed by atoms with van der Waals surface area (Å²) in [6, 6.07) is 0.738. The van der Waals surface area contributed by atoms with Crippen molar-refractivity contribution in [2.45, 2.75) is 32.7 Å². The van der Waals surface area contributed by atoms with Gasteiger partial charge in [-0.15, -0.1) is 0 Å². The Balaban J connectivity index is 2.76. The Hall–Kier alpha value is -1.10. The average Bonchev–Trinajstić information content (AvgIpc) is 2.64. The fourth-order valence-corrected chi connectivity index (χ4v) is 0.951. The average molecular weight is 198 g/mol. The lowest BCUT2D eigenvalue weighted by molar-refractivity contribution is 0.401. The predicted octanol–water partition coefficient (Wildman–Crippen LogP) is 0.976. The molecule has 1 aromatic heterocycles. The molecule has 80 valence electrons. The molecule has 1 rings (SSSR count). The minimum atomic E-state index is 0.204. The first-order chi connectivity index (χ1) is 6.56. The monoisotopic (exact) mass is 198 g/mol. The number of likely N-dealkylation sites (N-methyl/N-ethyl adjacent to an activating group) is 1. The molecule has 2 N–H and O–H groups in total. The molecule has 1 unspecified atom stereocenters. The SMILES string of the molecule is CC(C)c1noc(N(C)C(C)CN)n1. The summed E-state index contributed by atoms with van der Waals surface area (Å²) >= 11 is 0. The maximum Gasteiger partial charge on any atom is 0.324 e. The Kier molecular flexibility index (Phi) is 3.46. The molecule has 5 heteroatoms. The van der Waals surface area contributed by atoms with Gasteiger partial charge in [0.15, 0.2) is 5.82 Å². The van der Waals surface area contributed by atoms with Crippen molar-refractivity contribution < 1.29 is 4.52 Å². The Labute approximate surface area is 84.3 Å². The summed E-state index contributed by atoms with van der Waals surface area (Å²) in [5.41, 5.74) is 5.55. The van der Waals surface area contributed by atoms with E-state index in [1.54, 1.807) is 0 Å². The number of hydrogen-bond donors (Lipinski definition) is 1. The minimum Gasteiger partial charge on any atom is -0.328 e. The molecule has 0 bridgehead atoms. The summed E-state index contributed by atoms with van der Waals surface area (Å²) in [7, 11) is 1.90. The Morgan fingerprint density at radius 2 is 2.07 bits per heavy atom. The van der Waals surface area contributed by atoms with Gasteiger partial charge in [0.2, 0.25) is 0 Å². The molecule has 1 atom stereocenters. The number of anilines is 1. The zero-order valence-corrected chi connectivity index (χ0v) is 9.19. The van der Waals surface area contributed by atoms with Crippen LogP contribution in [-0.2, 0) is 0 Å². The van der Waals surface area contributed by atoms with Crippen LogP contribution in [-0.4, -0.2) is 29.8 Å². The standard InChI is InChI=1S/C9H18N4O/c1-6(2)8-11-9(14-12-8)13(4)7(3)5-10/h6-7H,5,10H2,1-4H3. The second-order valence-corrected chi connectivity index (χ2v) is 3.79. The first kappa shape index (κ1) is 11.0. The van der Waals surface area contributed by atoms with Gasteiger partial charge in [-0.2, -0.15) is 4.98 Å². The van der Waals surface area contributed by atoms with Crippen LogP contribution >= 0.6 is 0 Å². The van der Waals surface area contributed by atoms with Crippen LogP contribution in [0.4, 0.5) is 6.01 Å². The molecular weight excluding hydrogens is 180 g/mol. The number of rotatable bonds is 4. The highest BCUT2D eigenvalue weighted by molar-refractivity contribution is 5.25. The lowest BCUT2D eigenvalue weighted by Crippen LogP contribution is -2.35. The van der Waals surface area contributed by atoms with Crippen LogP contribution < -0.4 is 10.6 Å². The quantitative estimate of drug-likeness (QED) is 0.781. The highest BCUT2D eigenvalue weighted by atomic mass is 16.5. The molecule has 5 nitrogen and oxygen atoms in total. The summed E-state index contributed by atoms with van der Waals surface area (Å²) in [5.74, 6) is 1.02. The first-order valence-corrected chi connectivity index (χ1v) is 4.82. The largest absolute Gasteiger partial charge is 0.328 e. The third-order valence-corrected chi connectivity index (χ3v) is 2.25. The van der Waals surface area contributed by atoms with Crippen molar-refractivity contribution in [3.8, 4) is 0 Å².